The smallest absolute Gasteiger partial charge is 0.0578 e. The fraction of sp³-hybridized carbons (Fsp3) is 0.455. The average molecular weight is 199 g/mol. The molecule has 0 unspecified atom stereocenters. The normalized spacial score (nSPS) is 12.9. The van der Waals surface area contributed by atoms with Gasteiger partial charge in [-0.15, -0.1) is 0 Å². The minimum Gasteiger partial charge on any atom is -0.393 e. The molecule has 13 heavy (non-hydrogen) atoms. The van der Waals surface area contributed by atoms with Crippen LogP contribution in [-0.4, -0.2) is 11.2 Å². The van der Waals surface area contributed by atoms with Crippen LogP contribution in [0.15, 0.2) is 18.2 Å². The van der Waals surface area contributed by atoms with Gasteiger partial charge < -0.3 is 5.11 Å². The molecule has 0 aromatic heterocycles. The molecular weight excluding hydrogens is 184 g/mol. The Morgan fingerprint density at radius 1 is 1.46 bits per heavy atom. The van der Waals surface area contributed by atoms with E-state index in [0.29, 0.717) is 6.42 Å². The first kappa shape index (κ1) is 10.6. The zero-order chi connectivity index (χ0) is 9.84. The highest BCUT2D eigenvalue weighted by atomic mass is 35.5. The molecule has 0 heterocycles. The fourth-order valence-corrected chi connectivity index (χ4v) is 1.47. The Bertz CT molecular complexity index is 283. The third-order valence-corrected chi connectivity index (χ3v) is 2.72. The number of aliphatic hydroxyl groups excluding tert-OH is 1. The van der Waals surface area contributed by atoms with Gasteiger partial charge in [0.1, 0.15) is 0 Å². The van der Waals surface area contributed by atoms with Crippen LogP contribution in [0.5, 0.6) is 0 Å². The molecule has 0 saturated heterocycles. The molecule has 0 amide bonds. The van der Waals surface area contributed by atoms with Crippen LogP contribution in [0.2, 0.25) is 5.02 Å². The highest BCUT2D eigenvalue weighted by molar-refractivity contribution is 6.31. The van der Waals surface area contributed by atoms with Crippen LogP contribution in [0.1, 0.15) is 24.5 Å². The van der Waals surface area contributed by atoms with Gasteiger partial charge in [-0.05, 0) is 37.0 Å². The van der Waals surface area contributed by atoms with Crippen LogP contribution in [-0.2, 0) is 6.42 Å². The maximum atomic E-state index is 9.48. The van der Waals surface area contributed by atoms with Gasteiger partial charge >= 0.3 is 0 Å². The molecule has 1 N–H and O–H groups in total. The number of hydrogen-bond donors (Lipinski definition) is 1. The molecule has 0 aliphatic carbocycles. The van der Waals surface area contributed by atoms with Crippen molar-refractivity contribution < 1.29 is 5.11 Å². The minimum atomic E-state index is -0.253. The number of hydrogen-bond acceptors (Lipinski definition) is 1. The lowest BCUT2D eigenvalue weighted by Crippen LogP contribution is -2.09. The van der Waals surface area contributed by atoms with Crippen molar-refractivity contribution in [3.63, 3.8) is 0 Å². The summed E-state index contributed by atoms with van der Waals surface area (Å²) in [5.41, 5.74) is 2.22. The molecule has 0 spiro atoms. The van der Waals surface area contributed by atoms with E-state index in [1.165, 1.54) is 0 Å². The standard InChI is InChI=1S/C11H15ClO/c1-3-10(13)7-9-5-4-6-11(12)8(9)2/h4-6,10,13H,3,7H2,1-2H3/t10-/m0/s1. The average Bonchev–Trinajstić information content (AvgIpc) is 2.13. The summed E-state index contributed by atoms with van der Waals surface area (Å²) >= 11 is 5.96. The van der Waals surface area contributed by atoms with E-state index in [1.54, 1.807) is 0 Å². The molecule has 1 atom stereocenters. The highest BCUT2D eigenvalue weighted by Gasteiger charge is 2.06. The Labute approximate surface area is 84.4 Å². The van der Waals surface area contributed by atoms with Gasteiger partial charge in [-0.1, -0.05) is 30.7 Å². The first-order valence-electron chi connectivity index (χ1n) is 4.57. The molecule has 0 aliphatic rings. The number of rotatable bonds is 3. The molecular formula is C11H15ClO. The lowest BCUT2D eigenvalue weighted by atomic mass is 10.0. The number of halogens is 1. The molecule has 1 aromatic rings. The van der Waals surface area contributed by atoms with Gasteiger partial charge in [0.2, 0.25) is 0 Å². The predicted molar refractivity (Wildman–Crippen MR) is 56.2 cm³/mol. The van der Waals surface area contributed by atoms with Crippen LogP contribution < -0.4 is 0 Å². The summed E-state index contributed by atoms with van der Waals surface area (Å²) in [6, 6.07) is 5.81. The van der Waals surface area contributed by atoms with Gasteiger partial charge in [0, 0.05) is 5.02 Å². The highest BCUT2D eigenvalue weighted by Crippen LogP contribution is 2.20. The van der Waals surface area contributed by atoms with E-state index in [0.717, 1.165) is 22.6 Å². The van der Waals surface area contributed by atoms with Crippen LogP contribution >= 0.6 is 11.6 Å². The second-order valence-corrected chi connectivity index (χ2v) is 3.70. The molecule has 0 fully saturated rings. The summed E-state index contributed by atoms with van der Waals surface area (Å²) in [6.07, 6.45) is 1.23. The van der Waals surface area contributed by atoms with Gasteiger partial charge in [-0.2, -0.15) is 0 Å². The van der Waals surface area contributed by atoms with Gasteiger partial charge in [0.15, 0.2) is 0 Å². The lowest BCUT2D eigenvalue weighted by molar-refractivity contribution is 0.170. The first-order chi connectivity index (χ1) is 6.15. The zero-order valence-electron chi connectivity index (χ0n) is 8.05. The molecule has 1 rings (SSSR count). The Morgan fingerprint density at radius 2 is 2.15 bits per heavy atom. The fourth-order valence-electron chi connectivity index (χ4n) is 1.27. The van der Waals surface area contributed by atoms with E-state index in [4.69, 9.17) is 11.6 Å². The SMILES string of the molecule is CC[C@H](O)Cc1cccc(Cl)c1C. The Morgan fingerprint density at radius 3 is 2.77 bits per heavy atom. The molecule has 1 nitrogen and oxygen atoms in total. The van der Waals surface area contributed by atoms with Crippen LogP contribution in [0, 0.1) is 6.92 Å². The summed E-state index contributed by atoms with van der Waals surface area (Å²) in [6.45, 7) is 3.96. The van der Waals surface area contributed by atoms with E-state index >= 15 is 0 Å². The van der Waals surface area contributed by atoms with Crippen molar-refractivity contribution in [2.75, 3.05) is 0 Å². The summed E-state index contributed by atoms with van der Waals surface area (Å²) in [4.78, 5) is 0. The van der Waals surface area contributed by atoms with Crippen molar-refractivity contribution in [1.82, 2.24) is 0 Å². The first-order valence-corrected chi connectivity index (χ1v) is 4.95. The minimum absolute atomic E-state index is 0.253. The van der Waals surface area contributed by atoms with Crippen molar-refractivity contribution >= 4 is 11.6 Å². The third kappa shape index (κ3) is 2.71. The molecule has 0 bridgehead atoms. The van der Waals surface area contributed by atoms with Crippen molar-refractivity contribution in [2.24, 2.45) is 0 Å². The van der Waals surface area contributed by atoms with E-state index in [1.807, 2.05) is 32.0 Å². The van der Waals surface area contributed by atoms with E-state index in [-0.39, 0.29) is 6.10 Å². The van der Waals surface area contributed by atoms with Crippen molar-refractivity contribution in [3.8, 4) is 0 Å². The molecule has 2 heteroatoms. The molecule has 0 radical (unpaired) electrons. The van der Waals surface area contributed by atoms with Crippen molar-refractivity contribution in [3.05, 3.63) is 34.3 Å². The lowest BCUT2D eigenvalue weighted by Gasteiger charge is -2.10. The second-order valence-electron chi connectivity index (χ2n) is 3.29. The summed E-state index contributed by atoms with van der Waals surface area (Å²) in [7, 11) is 0. The van der Waals surface area contributed by atoms with Gasteiger partial charge in [0.25, 0.3) is 0 Å². The van der Waals surface area contributed by atoms with Crippen molar-refractivity contribution in [1.29, 1.82) is 0 Å². The zero-order valence-corrected chi connectivity index (χ0v) is 8.80. The van der Waals surface area contributed by atoms with Crippen LogP contribution in [0.25, 0.3) is 0 Å². The summed E-state index contributed by atoms with van der Waals surface area (Å²) in [5, 5.41) is 10.3. The quantitative estimate of drug-likeness (QED) is 0.792. The molecule has 0 aliphatic heterocycles. The monoisotopic (exact) mass is 198 g/mol. The molecule has 1 aromatic carbocycles. The number of benzene rings is 1. The second kappa shape index (κ2) is 4.64. The number of aliphatic hydroxyl groups is 1. The third-order valence-electron chi connectivity index (χ3n) is 2.31. The van der Waals surface area contributed by atoms with Crippen molar-refractivity contribution in [2.45, 2.75) is 32.8 Å². The summed E-state index contributed by atoms with van der Waals surface area (Å²) < 4.78 is 0. The van der Waals surface area contributed by atoms with E-state index < -0.39 is 0 Å². The van der Waals surface area contributed by atoms with Crippen LogP contribution in [0.3, 0.4) is 0 Å². The van der Waals surface area contributed by atoms with Crippen LogP contribution in [0.4, 0.5) is 0 Å². The summed E-state index contributed by atoms with van der Waals surface area (Å²) in [5.74, 6) is 0. The topological polar surface area (TPSA) is 20.2 Å². The van der Waals surface area contributed by atoms with E-state index in [2.05, 4.69) is 0 Å². The van der Waals surface area contributed by atoms with E-state index in [9.17, 15) is 5.11 Å². The maximum absolute atomic E-state index is 9.48. The largest absolute Gasteiger partial charge is 0.393 e. The molecule has 0 saturated carbocycles. The van der Waals surface area contributed by atoms with Gasteiger partial charge in [-0.3, -0.25) is 0 Å². The van der Waals surface area contributed by atoms with Gasteiger partial charge in [-0.25, -0.2) is 0 Å². The Balaban J connectivity index is 2.83. The predicted octanol–water partition coefficient (Wildman–Crippen LogP) is 2.96. The Kier molecular flexibility index (Phi) is 3.76. The maximum Gasteiger partial charge on any atom is 0.0578 e. The molecule has 72 valence electrons. The Hall–Kier alpha value is -0.530. The van der Waals surface area contributed by atoms with Gasteiger partial charge in [0.05, 0.1) is 6.10 Å².